The van der Waals surface area contributed by atoms with Crippen LogP contribution < -0.4 is 5.32 Å². The van der Waals surface area contributed by atoms with Crippen molar-refractivity contribution in [2.24, 2.45) is 0 Å². The predicted molar refractivity (Wildman–Crippen MR) is 78.4 cm³/mol. The Morgan fingerprint density at radius 2 is 2.26 bits per heavy atom. The molecule has 2 rings (SSSR count). The minimum atomic E-state index is 0.236. The lowest BCUT2D eigenvalue weighted by Gasteiger charge is -2.32. The number of nitrogens with one attached hydrogen (secondary N) is 1. The Bertz CT molecular complexity index is 436. The highest BCUT2D eigenvalue weighted by molar-refractivity contribution is 6.31. The maximum absolute atomic E-state index is 12.2. The summed E-state index contributed by atoms with van der Waals surface area (Å²) < 4.78 is 0. The predicted octanol–water partition coefficient (Wildman–Crippen LogP) is 2.48. The van der Waals surface area contributed by atoms with Crippen LogP contribution in [0.15, 0.2) is 24.3 Å². The van der Waals surface area contributed by atoms with E-state index in [0.29, 0.717) is 12.5 Å². The number of hydrogen-bond acceptors (Lipinski definition) is 2. The van der Waals surface area contributed by atoms with Crippen LogP contribution in [0, 0.1) is 0 Å². The monoisotopic (exact) mass is 280 g/mol. The zero-order valence-electron chi connectivity index (χ0n) is 11.4. The second-order valence-electron chi connectivity index (χ2n) is 5.06. The van der Waals surface area contributed by atoms with Crippen LogP contribution in [0.4, 0.5) is 0 Å². The fourth-order valence-electron chi connectivity index (χ4n) is 2.54. The number of aryl methyl sites for hydroxylation is 1. The smallest absolute Gasteiger partial charge is 0.222 e. The molecule has 1 aliphatic rings. The summed E-state index contributed by atoms with van der Waals surface area (Å²) in [4.78, 5) is 14.2. The number of rotatable bonds is 4. The third kappa shape index (κ3) is 3.95. The van der Waals surface area contributed by atoms with Gasteiger partial charge < -0.3 is 10.2 Å². The first-order valence-corrected chi connectivity index (χ1v) is 7.27. The summed E-state index contributed by atoms with van der Waals surface area (Å²) in [5.74, 6) is 0.236. The lowest BCUT2D eigenvalue weighted by Crippen LogP contribution is -2.47. The molecule has 4 heteroatoms. The van der Waals surface area contributed by atoms with E-state index in [4.69, 9.17) is 11.6 Å². The fourth-order valence-corrected chi connectivity index (χ4v) is 2.77. The quantitative estimate of drug-likeness (QED) is 0.919. The van der Waals surface area contributed by atoms with Crippen molar-refractivity contribution in [3.05, 3.63) is 34.9 Å². The molecular formula is C15H21ClN2O. The van der Waals surface area contributed by atoms with Crippen molar-refractivity contribution < 1.29 is 4.79 Å². The Balaban J connectivity index is 1.86. The van der Waals surface area contributed by atoms with E-state index in [0.717, 1.165) is 42.9 Å². The van der Waals surface area contributed by atoms with E-state index in [1.54, 1.807) is 0 Å². The molecule has 104 valence electrons. The van der Waals surface area contributed by atoms with Gasteiger partial charge in [-0.05, 0) is 37.9 Å². The first-order chi connectivity index (χ1) is 9.20. The average molecular weight is 281 g/mol. The number of carbonyl (C=O) groups is 1. The number of piperidine rings is 1. The number of halogens is 1. The van der Waals surface area contributed by atoms with Crippen molar-refractivity contribution in [3.63, 3.8) is 0 Å². The summed E-state index contributed by atoms with van der Waals surface area (Å²) in [5.41, 5.74) is 1.06. The Hall–Kier alpha value is -1.06. The van der Waals surface area contributed by atoms with Crippen molar-refractivity contribution in [1.82, 2.24) is 10.2 Å². The zero-order valence-corrected chi connectivity index (χ0v) is 12.1. The topological polar surface area (TPSA) is 32.3 Å². The van der Waals surface area contributed by atoms with Crippen LogP contribution in [0.5, 0.6) is 0 Å². The van der Waals surface area contributed by atoms with Gasteiger partial charge in [0.2, 0.25) is 5.91 Å². The van der Waals surface area contributed by atoms with E-state index >= 15 is 0 Å². The first kappa shape index (κ1) is 14.4. The van der Waals surface area contributed by atoms with Gasteiger partial charge >= 0.3 is 0 Å². The van der Waals surface area contributed by atoms with Gasteiger partial charge in [0, 0.05) is 30.6 Å². The van der Waals surface area contributed by atoms with Gasteiger partial charge in [-0.15, -0.1) is 0 Å². The maximum Gasteiger partial charge on any atom is 0.222 e. The van der Waals surface area contributed by atoms with Crippen molar-refractivity contribution in [2.45, 2.75) is 31.7 Å². The molecule has 0 spiro atoms. The summed E-state index contributed by atoms with van der Waals surface area (Å²) in [6, 6.07) is 8.18. The molecule has 1 fully saturated rings. The molecule has 1 aromatic rings. The van der Waals surface area contributed by atoms with E-state index in [1.165, 1.54) is 0 Å². The van der Waals surface area contributed by atoms with Crippen molar-refractivity contribution in [2.75, 3.05) is 20.1 Å². The molecule has 1 atom stereocenters. The molecule has 1 unspecified atom stereocenters. The zero-order chi connectivity index (χ0) is 13.7. The second kappa shape index (κ2) is 6.92. The molecule has 1 heterocycles. The van der Waals surface area contributed by atoms with Gasteiger partial charge in [-0.2, -0.15) is 0 Å². The molecule has 0 radical (unpaired) electrons. The molecule has 19 heavy (non-hydrogen) atoms. The Morgan fingerprint density at radius 1 is 1.47 bits per heavy atom. The molecular weight excluding hydrogens is 260 g/mol. The summed E-state index contributed by atoms with van der Waals surface area (Å²) in [6.45, 7) is 1.72. The molecule has 0 aromatic heterocycles. The standard InChI is InChI=1S/C15H21ClN2O/c1-17-13-6-4-10-18(11-13)15(19)9-8-12-5-2-3-7-14(12)16/h2-3,5,7,13,17H,4,6,8-11H2,1H3. The Labute approximate surface area is 119 Å². The van der Waals surface area contributed by atoms with Crippen LogP contribution in [-0.4, -0.2) is 37.0 Å². The van der Waals surface area contributed by atoms with Gasteiger partial charge in [-0.25, -0.2) is 0 Å². The van der Waals surface area contributed by atoms with Crippen LogP contribution in [0.2, 0.25) is 5.02 Å². The highest BCUT2D eigenvalue weighted by atomic mass is 35.5. The van der Waals surface area contributed by atoms with Crippen molar-refractivity contribution >= 4 is 17.5 Å². The molecule has 0 saturated carbocycles. The van der Waals surface area contributed by atoms with Crippen LogP contribution in [-0.2, 0) is 11.2 Å². The molecule has 1 aliphatic heterocycles. The van der Waals surface area contributed by atoms with E-state index in [-0.39, 0.29) is 5.91 Å². The number of benzene rings is 1. The average Bonchev–Trinajstić information content (AvgIpc) is 2.46. The summed E-state index contributed by atoms with van der Waals surface area (Å²) in [7, 11) is 1.96. The third-order valence-electron chi connectivity index (χ3n) is 3.75. The van der Waals surface area contributed by atoms with Crippen LogP contribution >= 0.6 is 11.6 Å². The normalized spacial score (nSPS) is 19.5. The van der Waals surface area contributed by atoms with Crippen LogP contribution in [0.25, 0.3) is 0 Å². The third-order valence-corrected chi connectivity index (χ3v) is 4.12. The Kier molecular flexibility index (Phi) is 5.23. The van der Waals surface area contributed by atoms with Crippen molar-refractivity contribution in [3.8, 4) is 0 Å². The highest BCUT2D eigenvalue weighted by Gasteiger charge is 2.22. The lowest BCUT2D eigenvalue weighted by atomic mass is 10.0. The molecule has 1 saturated heterocycles. The first-order valence-electron chi connectivity index (χ1n) is 6.89. The lowest BCUT2D eigenvalue weighted by molar-refractivity contribution is -0.132. The molecule has 3 nitrogen and oxygen atoms in total. The summed E-state index contributed by atoms with van der Waals surface area (Å²) in [6.07, 6.45) is 3.51. The van der Waals surface area contributed by atoms with Crippen LogP contribution in [0.1, 0.15) is 24.8 Å². The highest BCUT2D eigenvalue weighted by Crippen LogP contribution is 2.18. The number of likely N-dealkylation sites (tertiary alicyclic amines) is 1. The van der Waals surface area contributed by atoms with E-state index in [1.807, 2.05) is 36.2 Å². The minimum Gasteiger partial charge on any atom is -0.341 e. The van der Waals surface area contributed by atoms with Gasteiger partial charge in [-0.1, -0.05) is 29.8 Å². The Morgan fingerprint density at radius 3 is 3.00 bits per heavy atom. The molecule has 1 N–H and O–H groups in total. The number of hydrogen-bond donors (Lipinski definition) is 1. The number of amides is 1. The SMILES string of the molecule is CNC1CCCN(C(=O)CCc2ccccc2Cl)C1. The number of carbonyl (C=O) groups excluding carboxylic acids is 1. The fraction of sp³-hybridized carbons (Fsp3) is 0.533. The second-order valence-corrected chi connectivity index (χ2v) is 5.47. The van der Waals surface area contributed by atoms with Gasteiger partial charge in [0.05, 0.1) is 0 Å². The number of likely N-dealkylation sites (N-methyl/N-ethyl adjacent to an activating group) is 1. The molecule has 0 aliphatic carbocycles. The van der Waals surface area contributed by atoms with Gasteiger partial charge in [0.25, 0.3) is 0 Å². The van der Waals surface area contributed by atoms with Gasteiger partial charge in [0.1, 0.15) is 0 Å². The summed E-state index contributed by atoms with van der Waals surface area (Å²) in [5, 5.41) is 4.01. The minimum absolute atomic E-state index is 0.236. The van der Waals surface area contributed by atoms with E-state index in [2.05, 4.69) is 5.32 Å². The molecule has 1 aromatic carbocycles. The van der Waals surface area contributed by atoms with Gasteiger partial charge in [0.15, 0.2) is 0 Å². The summed E-state index contributed by atoms with van der Waals surface area (Å²) >= 11 is 6.10. The van der Waals surface area contributed by atoms with Gasteiger partial charge in [-0.3, -0.25) is 4.79 Å². The molecule has 1 amide bonds. The molecule has 0 bridgehead atoms. The van der Waals surface area contributed by atoms with Crippen LogP contribution in [0.3, 0.4) is 0 Å². The number of nitrogens with zero attached hydrogens (tertiary/aromatic N) is 1. The largest absolute Gasteiger partial charge is 0.341 e. The van der Waals surface area contributed by atoms with E-state index < -0.39 is 0 Å². The maximum atomic E-state index is 12.2. The van der Waals surface area contributed by atoms with E-state index in [9.17, 15) is 4.79 Å². The van der Waals surface area contributed by atoms with Crippen molar-refractivity contribution in [1.29, 1.82) is 0 Å².